The van der Waals surface area contributed by atoms with E-state index in [2.05, 4.69) is 21.1 Å². The third-order valence-corrected chi connectivity index (χ3v) is 2.64. The molecule has 0 aliphatic rings. The molecule has 0 saturated carbocycles. The Balaban J connectivity index is 2.11. The van der Waals surface area contributed by atoms with Crippen molar-refractivity contribution in [3.05, 3.63) is 46.3 Å². The lowest BCUT2D eigenvalue weighted by Gasteiger charge is -2.09. The average molecular weight is 268 g/mol. The van der Waals surface area contributed by atoms with E-state index in [4.69, 9.17) is 9.26 Å². The molecule has 0 amide bonds. The van der Waals surface area contributed by atoms with Gasteiger partial charge < -0.3 is 9.26 Å². The molecule has 1 aromatic carbocycles. The highest BCUT2D eigenvalue weighted by atomic mass is 79.9. The quantitative estimate of drug-likeness (QED) is 0.856. The van der Waals surface area contributed by atoms with Crippen LogP contribution in [0, 0.1) is 6.92 Å². The Hall–Kier alpha value is -1.29. The van der Waals surface area contributed by atoms with Gasteiger partial charge in [0.15, 0.2) is 0 Å². The molecule has 0 atom stereocenters. The summed E-state index contributed by atoms with van der Waals surface area (Å²) in [5.41, 5.74) is 1.87. The molecule has 0 N–H and O–H groups in total. The maximum atomic E-state index is 5.64. The van der Waals surface area contributed by atoms with Gasteiger partial charge >= 0.3 is 0 Å². The molecule has 1 heterocycles. The van der Waals surface area contributed by atoms with Crippen molar-refractivity contribution in [2.75, 3.05) is 0 Å². The molecule has 0 unspecified atom stereocenters. The summed E-state index contributed by atoms with van der Waals surface area (Å²) in [7, 11) is 0. The van der Waals surface area contributed by atoms with Crippen molar-refractivity contribution >= 4 is 15.9 Å². The summed E-state index contributed by atoms with van der Waals surface area (Å²) < 4.78 is 11.3. The largest absolute Gasteiger partial charge is 0.486 e. The van der Waals surface area contributed by atoms with Crippen molar-refractivity contribution in [3.63, 3.8) is 0 Å². The number of rotatable bonds is 3. The van der Waals surface area contributed by atoms with Crippen molar-refractivity contribution in [2.45, 2.75) is 13.5 Å². The van der Waals surface area contributed by atoms with E-state index in [0.29, 0.717) is 6.61 Å². The van der Waals surface area contributed by atoms with Crippen LogP contribution in [0.5, 0.6) is 5.75 Å². The van der Waals surface area contributed by atoms with Crippen LogP contribution in [0.4, 0.5) is 0 Å². The van der Waals surface area contributed by atoms with Gasteiger partial charge in [-0.15, -0.1) is 0 Å². The number of ether oxygens (including phenoxy) is 1. The topological polar surface area (TPSA) is 35.3 Å². The fraction of sp³-hybridized carbons (Fsp3) is 0.182. The summed E-state index contributed by atoms with van der Waals surface area (Å²) in [6.07, 6.45) is 1.53. The first-order valence-electron chi connectivity index (χ1n) is 4.54. The van der Waals surface area contributed by atoms with E-state index in [9.17, 15) is 0 Å². The minimum Gasteiger partial charge on any atom is -0.486 e. The lowest BCUT2D eigenvalue weighted by atomic mass is 10.2. The molecule has 2 aromatic rings. The maximum absolute atomic E-state index is 5.64. The highest BCUT2D eigenvalue weighted by molar-refractivity contribution is 9.10. The molecule has 78 valence electrons. The molecule has 0 fully saturated rings. The normalized spacial score (nSPS) is 10.3. The second kappa shape index (κ2) is 4.49. The highest BCUT2D eigenvalue weighted by Gasteiger charge is 2.05. The van der Waals surface area contributed by atoms with Crippen LogP contribution in [-0.4, -0.2) is 5.16 Å². The molecular formula is C11H10BrNO2. The molecule has 0 aliphatic carbocycles. The number of halogens is 1. The molecule has 2 rings (SSSR count). The third-order valence-electron chi connectivity index (χ3n) is 2.02. The zero-order valence-corrected chi connectivity index (χ0v) is 9.82. The van der Waals surface area contributed by atoms with Crippen molar-refractivity contribution < 1.29 is 9.26 Å². The van der Waals surface area contributed by atoms with E-state index in [1.807, 2.05) is 25.1 Å². The molecule has 0 spiro atoms. The molecule has 0 saturated heterocycles. The Morgan fingerprint density at radius 2 is 2.27 bits per heavy atom. The number of aryl methyl sites for hydroxylation is 1. The van der Waals surface area contributed by atoms with Gasteiger partial charge in [-0.3, -0.25) is 0 Å². The van der Waals surface area contributed by atoms with Crippen molar-refractivity contribution in [3.8, 4) is 5.75 Å². The van der Waals surface area contributed by atoms with Crippen molar-refractivity contribution in [1.29, 1.82) is 0 Å². The lowest BCUT2D eigenvalue weighted by molar-refractivity contribution is 0.286. The molecular weight excluding hydrogens is 258 g/mol. The first-order valence-corrected chi connectivity index (χ1v) is 5.34. The van der Waals surface area contributed by atoms with Crippen LogP contribution in [0.25, 0.3) is 0 Å². The molecule has 4 heteroatoms. The highest BCUT2D eigenvalue weighted by Crippen LogP contribution is 2.28. The molecule has 0 bridgehead atoms. The zero-order chi connectivity index (χ0) is 10.7. The van der Waals surface area contributed by atoms with Crippen molar-refractivity contribution in [1.82, 2.24) is 5.16 Å². The summed E-state index contributed by atoms with van der Waals surface area (Å²) in [5.74, 6) is 0.848. The fourth-order valence-electron chi connectivity index (χ4n) is 1.26. The smallest absolute Gasteiger partial charge is 0.136 e. The van der Waals surface area contributed by atoms with E-state index in [0.717, 1.165) is 21.5 Å². The Morgan fingerprint density at radius 1 is 1.40 bits per heavy atom. The van der Waals surface area contributed by atoms with Gasteiger partial charge in [0.05, 0.1) is 4.47 Å². The van der Waals surface area contributed by atoms with Gasteiger partial charge in [-0.2, -0.15) is 0 Å². The van der Waals surface area contributed by atoms with Gasteiger partial charge in [0.2, 0.25) is 0 Å². The Labute approximate surface area is 96.2 Å². The second-order valence-corrected chi connectivity index (χ2v) is 4.02. The van der Waals surface area contributed by atoms with Gasteiger partial charge in [-0.05, 0) is 34.5 Å². The van der Waals surface area contributed by atoms with E-state index < -0.39 is 0 Å². The van der Waals surface area contributed by atoms with Gasteiger partial charge in [-0.25, -0.2) is 0 Å². The number of hydrogen-bond acceptors (Lipinski definition) is 3. The predicted molar refractivity (Wildman–Crippen MR) is 59.7 cm³/mol. The third kappa shape index (κ3) is 2.39. The van der Waals surface area contributed by atoms with Crippen LogP contribution >= 0.6 is 15.9 Å². The van der Waals surface area contributed by atoms with Gasteiger partial charge in [0, 0.05) is 6.07 Å². The summed E-state index contributed by atoms with van der Waals surface area (Å²) in [6.45, 7) is 2.42. The summed E-state index contributed by atoms with van der Waals surface area (Å²) in [5, 5.41) is 3.78. The Morgan fingerprint density at radius 3 is 2.93 bits per heavy atom. The molecule has 0 radical (unpaired) electrons. The molecule has 3 nitrogen and oxygen atoms in total. The van der Waals surface area contributed by atoms with Crippen molar-refractivity contribution in [2.24, 2.45) is 0 Å². The van der Waals surface area contributed by atoms with E-state index in [1.165, 1.54) is 6.26 Å². The van der Waals surface area contributed by atoms with Crippen LogP contribution in [-0.2, 0) is 6.61 Å². The maximum Gasteiger partial charge on any atom is 0.136 e. The second-order valence-electron chi connectivity index (χ2n) is 3.17. The number of para-hydroxylation sites is 1. The fourth-order valence-corrected chi connectivity index (χ4v) is 1.84. The van der Waals surface area contributed by atoms with Crippen LogP contribution in [0.15, 0.2) is 39.5 Å². The molecule has 1 aromatic heterocycles. The standard InChI is InChI=1S/C11H10BrNO2/c1-8-3-2-4-10(12)11(8)14-7-9-5-6-15-13-9/h2-6H,7H2,1H3. The predicted octanol–water partition coefficient (Wildman–Crippen LogP) is 3.32. The first kappa shape index (κ1) is 10.2. The molecule has 0 aliphatic heterocycles. The summed E-state index contributed by atoms with van der Waals surface area (Å²) >= 11 is 3.44. The monoisotopic (exact) mass is 267 g/mol. The van der Waals surface area contributed by atoms with E-state index in [1.54, 1.807) is 6.07 Å². The summed E-state index contributed by atoms with van der Waals surface area (Å²) in [6, 6.07) is 7.71. The number of benzene rings is 1. The lowest BCUT2D eigenvalue weighted by Crippen LogP contribution is -1.97. The van der Waals surface area contributed by atoms with Gasteiger partial charge in [0.1, 0.15) is 24.3 Å². The first-order chi connectivity index (χ1) is 7.27. The minimum atomic E-state index is 0.417. The van der Waals surface area contributed by atoms with Crippen LogP contribution in [0.2, 0.25) is 0 Å². The summed E-state index contributed by atoms with van der Waals surface area (Å²) in [4.78, 5) is 0. The minimum absolute atomic E-state index is 0.417. The van der Waals surface area contributed by atoms with Crippen LogP contribution < -0.4 is 4.74 Å². The van der Waals surface area contributed by atoms with E-state index >= 15 is 0 Å². The zero-order valence-electron chi connectivity index (χ0n) is 8.24. The average Bonchev–Trinajstić information content (AvgIpc) is 2.70. The van der Waals surface area contributed by atoms with Gasteiger partial charge in [-0.1, -0.05) is 17.3 Å². The van der Waals surface area contributed by atoms with Crippen LogP contribution in [0.1, 0.15) is 11.3 Å². The number of nitrogens with zero attached hydrogens (tertiary/aromatic N) is 1. The number of aromatic nitrogens is 1. The van der Waals surface area contributed by atoms with Gasteiger partial charge in [0.25, 0.3) is 0 Å². The van der Waals surface area contributed by atoms with Crippen LogP contribution in [0.3, 0.4) is 0 Å². The SMILES string of the molecule is Cc1cccc(Br)c1OCc1ccon1. The number of hydrogen-bond donors (Lipinski definition) is 0. The Bertz CT molecular complexity index is 420. The van der Waals surface area contributed by atoms with E-state index in [-0.39, 0.29) is 0 Å². The molecule has 15 heavy (non-hydrogen) atoms. The Kier molecular flexibility index (Phi) is 3.06.